The zero-order valence-corrected chi connectivity index (χ0v) is 21.0. The first-order chi connectivity index (χ1) is 16.4. The molecule has 0 aromatic heterocycles. The third kappa shape index (κ3) is 6.78. The molecule has 0 amide bonds. The highest BCUT2D eigenvalue weighted by molar-refractivity contribution is 5.72. The number of hydrogen-bond donors (Lipinski definition) is 2. The zero-order chi connectivity index (χ0) is 22.7. The van der Waals surface area contributed by atoms with Gasteiger partial charge in [-0.1, -0.05) is 89.3 Å². The Morgan fingerprint density at radius 2 is 1.21 bits per heavy atom. The minimum absolute atomic E-state index is 0.702. The summed E-state index contributed by atoms with van der Waals surface area (Å²) >= 11 is 0. The van der Waals surface area contributed by atoms with Crippen molar-refractivity contribution in [2.45, 2.75) is 115 Å². The maximum Gasteiger partial charge on any atom is 0.0424 e. The topological polar surface area (TPSA) is 24.1 Å². The molecular formula is C31H46N2. The molecule has 0 bridgehead atoms. The maximum atomic E-state index is 3.93. The molecular weight excluding hydrogens is 400 g/mol. The molecule has 2 aliphatic carbocycles. The van der Waals surface area contributed by atoms with Crippen LogP contribution in [0.25, 0.3) is 0 Å². The van der Waals surface area contributed by atoms with Gasteiger partial charge in [0.2, 0.25) is 0 Å². The van der Waals surface area contributed by atoms with Gasteiger partial charge < -0.3 is 10.6 Å². The second-order valence-electron chi connectivity index (χ2n) is 10.5. The SMILES string of the molecule is CCCCCCCNc1ccc(Nc2ccccc2)c(C2CCCCC2)c1C1CCCCC1. The van der Waals surface area contributed by atoms with Crippen LogP contribution in [0, 0.1) is 0 Å². The fraction of sp³-hybridized carbons (Fsp3) is 0.613. The van der Waals surface area contributed by atoms with Crippen molar-refractivity contribution < 1.29 is 0 Å². The van der Waals surface area contributed by atoms with Crippen LogP contribution in [-0.4, -0.2) is 6.54 Å². The third-order valence-electron chi connectivity index (χ3n) is 7.96. The molecule has 4 rings (SSSR count). The van der Waals surface area contributed by atoms with Crippen molar-refractivity contribution in [3.8, 4) is 0 Å². The van der Waals surface area contributed by atoms with Crippen molar-refractivity contribution in [1.29, 1.82) is 0 Å². The van der Waals surface area contributed by atoms with Gasteiger partial charge in [0.25, 0.3) is 0 Å². The summed E-state index contributed by atoms with van der Waals surface area (Å²) in [5.41, 5.74) is 7.34. The van der Waals surface area contributed by atoms with Gasteiger partial charge in [-0.3, -0.25) is 0 Å². The molecule has 0 heterocycles. The molecule has 2 fully saturated rings. The molecule has 0 atom stereocenters. The van der Waals surface area contributed by atoms with E-state index in [-0.39, 0.29) is 0 Å². The Hall–Kier alpha value is -1.96. The van der Waals surface area contributed by atoms with Crippen molar-refractivity contribution in [3.05, 3.63) is 53.6 Å². The summed E-state index contributed by atoms with van der Waals surface area (Å²) in [4.78, 5) is 0. The van der Waals surface area contributed by atoms with E-state index in [4.69, 9.17) is 0 Å². The number of unbranched alkanes of at least 4 members (excludes halogenated alkanes) is 4. The Labute approximate surface area is 203 Å². The lowest BCUT2D eigenvalue weighted by atomic mass is 9.74. The van der Waals surface area contributed by atoms with Crippen LogP contribution in [-0.2, 0) is 0 Å². The van der Waals surface area contributed by atoms with E-state index in [0.717, 1.165) is 12.5 Å². The predicted octanol–water partition coefficient (Wildman–Crippen LogP) is 9.91. The van der Waals surface area contributed by atoms with Crippen LogP contribution in [0.1, 0.15) is 126 Å². The normalized spacial score (nSPS) is 17.7. The molecule has 2 aromatic carbocycles. The second-order valence-corrected chi connectivity index (χ2v) is 10.5. The smallest absolute Gasteiger partial charge is 0.0424 e. The highest BCUT2D eigenvalue weighted by atomic mass is 14.9. The van der Waals surface area contributed by atoms with Gasteiger partial charge in [0.05, 0.1) is 0 Å². The van der Waals surface area contributed by atoms with E-state index in [2.05, 4.69) is 60.0 Å². The molecule has 0 spiro atoms. The molecule has 2 aromatic rings. The summed E-state index contributed by atoms with van der Waals surface area (Å²) < 4.78 is 0. The quantitative estimate of drug-likeness (QED) is 0.335. The summed E-state index contributed by atoms with van der Waals surface area (Å²) in [6.07, 6.45) is 20.5. The van der Waals surface area contributed by atoms with Gasteiger partial charge in [0.1, 0.15) is 0 Å². The molecule has 180 valence electrons. The monoisotopic (exact) mass is 446 g/mol. The van der Waals surface area contributed by atoms with Crippen LogP contribution in [0.5, 0.6) is 0 Å². The van der Waals surface area contributed by atoms with Crippen LogP contribution in [0.15, 0.2) is 42.5 Å². The number of benzene rings is 2. The molecule has 2 aliphatic rings. The van der Waals surface area contributed by atoms with Gasteiger partial charge in [-0.15, -0.1) is 0 Å². The fourth-order valence-corrected chi connectivity index (χ4v) is 6.19. The fourth-order valence-electron chi connectivity index (χ4n) is 6.19. The van der Waals surface area contributed by atoms with Crippen molar-refractivity contribution in [3.63, 3.8) is 0 Å². The lowest BCUT2D eigenvalue weighted by Gasteiger charge is -2.33. The van der Waals surface area contributed by atoms with E-state index < -0.39 is 0 Å². The molecule has 0 aliphatic heterocycles. The number of anilines is 3. The molecule has 0 saturated heterocycles. The number of hydrogen-bond acceptors (Lipinski definition) is 2. The Morgan fingerprint density at radius 1 is 0.636 bits per heavy atom. The Morgan fingerprint density at radius 3 is 1.85 bits per heavy atom. The average Bonchev–Trinajstić information content (AvgIpc) is 2.88. The summed E-state index contributed by atoms with van der Waals surface area (Å²) in [7, 11) is 0. The van der Waals surface area contributed by atoms with E-state index in [1.54, 1.807) is 11.1 Å². The summed E-state index contributed by atoms with van der Waals surface area (Å²) in [6, 6.07) is 15.6. The first-order valence-electron chi connectivity index (χ1n) is 14.1. The largest absolute Gasteiger partial charge is 0.385 e. The Bertz CT molecular complexity index is 816. The van der Waals surface area contributed by atoms with Crippen molar-refractivity contribution in [2.75, 3.05) is 17.2 Å². The van der Waals surface area contributed by atoms with Gasteiger partial charge in [0, 0.05) is 23.6 Å². The highest BCUT2D eigenvalue weighted by Gasteiger charge is 2.28. The standard InChI is InChI=1S/C31H46N2/c1-2-3-4-5-15-24-32-28-22-23-29(33-27-20-13-8-14-21-27)31(26-18-11-7-12-19-26)30(28)25-16-9-6-10-17-25/h8,13-14,20-23,25-26,32-33H,2-7,9-12,15-19,24H2,1H3. The number of para-hydroxylation sites is 1. The van der Waals surface area contributed by atoms with Gasteiger partial charge in [-0.25, -0.2) is 0 Å². The van der Waals surface area contributed by atoms with Crippen LogP contribution >= 0.6 is 0 Å². The molecule has 2 heteroatoms. The molecule has 2 saturated carbocycles. The van der Waals surface area contributed by atoms with E-state index >= 15 is 0 Å². The number of rotatable bonds is 11. The second kappa shape index (κ2) is 13.1. The predicted molar refractivity (Wildman–Crippen MR) is 145 cm³/mol. The summed E-state index contributed by atoms with van der Waals surface area (Å²) in [5.74, 6) is 1.42. The van der Waals surface area contributed by atoms with Crippen LogP contribution in [0.3, 0.4) is 0 Å². The Balaban J connectivity index is 1.65. The molecule has 2 N–H and O–H groups in total. The number of nitrogens with one attached hydrogen (secondary N) is 2. The third-order valence-corrected chi connectivity index (χ3v) is 7.96. The van der Waals surface area contributed by atoms with Gasteiger partial charge in [0.15, 0.2) is 0 Å². The van der Waals surface area contributed by atoms with Gasteiger partial charge >= 0.3 is 0 Å². The van der Waals surface area contributed by atoms with E-state index in [1.165, 1.54) is 113 Å². The van der Waals surface area contributed by atoms with Crippen LogP contribution in [0.4, 0.5) is 17.1 Å². The van der Waals surface area contributed by atoms with E-state index in [1.807, 2.05) is 0 Å². The van der Waals surface area contributed by atoms with Crippen molar-refractivity contribution in [2.24, 2.45) is 0 Å². The minimum atomic E-state index is 0.702. The highest BCUT2D eigenvalue weighted by Crippen LogP contribution is 2.47. The van der Waals surface area contributed by atoms with Crippen LogP contribution < -0.4 is 10.6 Å². The summed E-state index contributed by atoms with van der Waals surface area (Å²) in [5, 5.41) is 7.77. The van der Waals surface area contributed by atoms with Crippen LogP contribution in [0.2, 0.25) is 0 Å². The lowest BCUT2D eigenvalue weighted by molar-refractivity contribution is 0.420. The maximum absolute atomic E-state index is 3.93. The zero-order valence-electron chi connectivity index (χ0n) is 21.0. The van der Waals surface area contributed by atoms with Gasteiger partial charge in [-0.2, -0.15) is 0 Å². The van der Waals surface area contributed by atoms with E-state index in [0.29, 0.717) is 5.92 Å². The van der Waals surface area contributed by atoms with Gasteiger partial charge in [-0.05, 0) is 79.3 Å². The lowest BCUT2D eigenvalue weighted by Crippen LogP contribution is -2.17. The van der Waals surface area contributed by atoms with E-state index in [9.17, 15) is 0 Å². The van der Waals surface area contributed by atoms with Crippen molar-refractivity contribution in [1.82, 2.24) is 0 Å². The summed E-state index contributed by atoms with van der Waals surface area (Å²) in [6.45, 7) is 3.41. The molecule has 0 unspecified atom stereocenters. The molecule has 33 heavy (non-hydrogen) atoms. The molecule has 0 radical (unpaired) electrons. The average molecular weight is 447 g/mol. The van der Waals surface area contributed by atoms with Crippen molar-refractivity contribution >= 4 is 17.1 Å². The molecule has 2 nitrogen and oxygen atoms in total. The first kappa shape index (κ1) is 24.2. The minimum Gasteiger partial charge on any atom is -0.385 e. The Kier molecular flexibility index (Phi) is 9.57. The first-order valence-corrected chi connectivity index (χ1v) is 14.1.